The Balaban J connectivity index is 2.13. The Kier molecular flexibility index (Phi) is 3.47. The highest BCUT2D eigenvalue weighted by Gasteiger charge is 2.06. The Hall–Kier alpha value is -1.36. The lowest BCUT2D eigenvalue weighted by Crippen LogP contribution is -2.07. The fraction of sp³-hybridized carbons (Fsp3) is 0.333. The molecule has 0 saturated heterocycles. The highest BCUT2D eigenvalue weighted by molar-refractivity contribution is 9.10. The van der Waals surface area contributed by atoms with Gasteiger partial charge in [-0.25, -0.2) is 0 Å². The van der Waals surface area contributed by atoms with Crippen LogP contribution in [0.1, 0.15) is 17.2 Å². The van der Waals surface area contributed by atoms with Crippen molar-refractivity contribution in [2.45, 2.75) is 20.4 Å². The summed E-state index contributed by atoms with van der Waals surface area (Å²) in [5.74, 6) is 1.86. The molecule has 17 heavy (non-hydrogen) atoms. The first-order chi connectivity index (χ1) is 8.09. The minimum atomic E-state index is 0.675. The average Bonchev–Trinajstić information content (AvgIpc) is 2.62. The standard InChI is InChI=1S/C12H15BrN4/c1-8-10(13)5-4-6-11(8)14-7-12-16-15-9(2)17(12)3/h4-6,14H,7H2,1-3H3. The van der Waals surface area contributed by atoms with Gasteiger partial charge >= 0.3 is 0 Å². The van der Waals surface area contributed by atoms with Crippen LogP contribution in [0.4, 0.5) is 5.69 Å². The SMILES string of the molecule is Cc1c(Br)cccc1NCc1nnc(C)n1C. The summed E-state index contributed by atoms with van der Waals surface area (Å²) < 4.78 is 3.09. The van der Waals surface area contributed by atoms with E-state index in [1.807, 2.05) is 30.7 Å². The van der Waals surface area contributed by atoms with Gasteiger partial charge in [-0.05, 0) is 31.5 Å². The Morgan fingerprint density at radius 2 is 2.06 bits per heavy atom. The van der Waals surface area contributed by atoms with Gasteiger partial charge in [0.05, 0.1) is 6.54 Å². The van der Waals surface area contributed by atoms with Gasteiger partial charge in [-0.15, -0.1) is 10.2 Å². The van der Waals surface area contributed by atoms with Crippen molar-refractivity contribution in [3.05, 3.63) is 39.9 Å². The topological polar surface area (TPSA) is 42.7 Å². The van der Waals surface area contributed by atoms with Crippen LogP contribution in [0.2, 0.25) is 0 Å². The maximum Gasteiger partial charge on any atom is 0.152 e. The zero-order valence-electron chi connectivity index (χ0n) is 10.2. The van der Waals surface area contributed by atoms with Crippen molar-refractivity contribution in [1.82, 2.24) is 14.8 Å². The van der Waals surface area contributed by atoms with Crippen LogP contribution in [0.25, 0.3) is 0 Å². The van der Waals surface area contributed by atoms with E-state index in [0.717, 1.165) is 21.8 Å². The first-order valence-electron chi connectivity index (χ1n) is 5.43. The molecule has 0 unspecified atom stereocenters. The van der Waals surface area contributed by atoms with Crippen molar-refractivity contribution in [3.63, 3.8) is 0 Å². The van der Waals surface area contributed by atoms with Gasteiger partial charge in [0, 0.05) is 17.2 Å². The van der Waals surface area contributed by atoms with Crippen LogP contribution >= 0.6 is 15.9 Å². The molecule has 2 rings (SSSR count). The molecule has 0 aliphatic rings. The van der Waals surface area contributed by atoms with Crippen LogP contribution in [-0.4, -0.2) is 14.8 Å². The first kappa shape index (κ1) is 12.1. The highest BCUT2D eigenvalue weighted by Crippen LogP contribution is 2.23. The van der Waals surface area contributed by atoms with Gasteiger partial charge in [-0.1, -0.05) is 22.0 Å². The predicted molar refractivity (Wildman–Crippen MR) is 71.9 cm³/mol. The molecule has 0 atom stereocenters. The van der Waals surface area contributed by atoms with E-state index in [4.69, 9.17) is 0 Å². The molecule has 0 fully saturated rings. The molecule has 0 aliphatic carbocycles. The molecule has 0 aliphatic heterocycles. The molecule has 0 bridgehead atoms. The van der Waals surface area contributed by atoms with Crippen molar-refractivity contribution in [1.29, 1.82) is 0 Å². The van der Waals surface area contributed by atoms with Crippen molar-refractivity contribution in [3.8, 4) is 0 Å². The van der Waals surface area contributed by atoms with E-state index in [0.29, 0.717) is 6.54 Å². The van der Waals surface area contributed by atoms with E-state index in [-0.39, 0.29) is 0 Å². The van der Waals surface area contributed by atoms with Crippen LogP contribution in [0, 0.1) is 13.8 Å². The number of hydrogen-bond acceptors (Lipinski definition) is 3. The Labute approximate surface area is 109 Å². The van der Waals surface area contributed by atoms with Crippen molar-refractivity contribution in [2.24, 2.45) is 7.05 Å². The maximum atomic E-state index is 4.12. The smallest absolute Gasteiger partial charge is 0.152 e. The highest BCUT2D eigenvalue weighted by atomic mass is 79.9. The molecule has 90 valence electrons. The third-order valence-corrected chi connectivity index (χ3v) is 3.75. The summed E-state index contributed by atoms with van der Waals surface area (Å²) in [7, 11) is 1.97. The van der Waals surface area contributed by atoms with Crippen molar-refractivity contribution < 1.29 is 0 Å². The predicted octanol–water partition coefficient (Wildman–Crippen LogP) is 2.81. The molecule has 1 aromatic heterocycles. The summed E-state index contributed by atoms with van der Waals surface area (Å²) in [6.45, 7) is 4.70. The van der Waals surface area contributed by atoms with E-state index < -0.39 is 0 Å². The molecule has 4 nitrogen and oxygen atoms in total. The number of hydrogen-bond donors (Lipinski definition) is 1. The zero-order valence-corrected chi connectivity index (χ0v) is 11.7. The molecule has 2 aromatic rings. The van der Waals surface area contributed by atoms with Crippen LogP contribution in [-0.2, 0) is 13.6 Å². The van der Waals surface area contributed by atoms with Crippen LogP contribution in [0.15, 0.2) is 22.7 Å². The quantitative estimate of drug-likeness (QED) is 0.947. The Morgan fingerprint density at radius 1 is 1.29 bits per heavy atom. The van der Waals surface area contributed by atoms with Gasteiger partial charge in [-0.2, -0.15) is 0 Å². The van der Waals surface area contributed by atoms with Crippen LogP contribution in [0.5, 0.6) is 0 Å². The van der Waals surface area contributed by atoms with Crippen LogP contribution in [0.3, 0.4) is 0 Å². The number of halogens is 1. The Morgan fingerprint density at radius 3 is 2.71 bits per heavy atom. The number of anilines is 1. The molecule has 1 aromatic carbocycles. The molecule has 0 radical (unpaired) electrons. The summed E-state index contributed by atoms with van der Waals surface area (Å²) in [5, 5.41) is 11.5. The molecule has 1 N–H and O–H groups in total. The Bertz CT molecular complexity index is 533. The normalized spacial score (nSPS) is 10.6. The third-order valence-electron chi connectivity index (χ3n) is 2.89. The van der Waals surface area contributed by atoms with Gasteiger partial charge in [0.25, 0.3) is 0 Å². The van der Waals surface area contributed by atoms with Gasteiger partial charge in [0.1, 0.15) is 5.82 Å². The average molecular weight is 295 g/mol. The molecule has 5 heteroatoms. The first-order valence-corrected chi connectivity index (χ1v) is 6.22. The molecule has 0 saturated carbocycles. The second kappa shape index (κ2) is 4.87. The molecular weight excluding hydrogens is 280 g/mol. The number of aromatic nitrogens is 3. The fourth-order valence-corrected chi connectivity index (χ4v) is 1.94. The fourth-order valence-electron chi connectivity index (χ4n) is 1.58. The van der Waals surface area contributed by atoms with Crippen molar-refractivity contribution >= 4 is 21.6 Å². The van der Waals surface area contributed by atoms with E-state index in [2.05, 4.69) is 44.4 Å². The molecule has 1 heterocycles. The second-order valence-corrected chi connectivity index (χ2v) is 4.84. The number of nitrogens with one attached hydrogen (secondary N) is 1. The minimum absolute atomic E-state index is 0.675. The number of nitrogens with zero attached hydrogens (tertiary/aromatic N) is 3. The molecule has 0 spiro atoms. The van der Waals surface area contributed by atoms with Crippen LogP contribution < -0.4 is 5.32 Å². The lowest BCUT2D eigenvalue weighted by atomic mass is 10.2. The maximum absolute atomic E-state index is 4.12. The number of rotatable bonds is 3. The molecule has 0 amide bonds. The lowest BCUT2D eigenvalue weighted by Gasteiger charge is -2.10. The van der Waals surface area contributed by atoms with Gasteiger partial charge < -0.3 is 9.88 Å². The van der Waals surface area contributed by atoms with Crippen molar-refractivity contribution in [2.75, 3.05) is 5.32 Å². The van der Waals surface area contributed by atoms with E-state index in [1.54, 1.807) is 0 Å². The number of aryl methyl sites for hydroxylation is 1. The van der Waals surface area contributed by atoms with Gasteiger partial charge in [-0.3, -0.25) is 0 Å². The zero-order chi connectivity index (χ0) is 12.4. The summed E-state index contributed by atoms with van der Waals surface area (Å²) in [4.78, 5) is 0. The molecular formula is C12H15BrN4. The lowest BCUT2D eigenvalue weighted by molar-refractivity contribution is 0.789. The van der Waals surface area contributed by atoms with E-state index in [1.165, 1.54) is 5.56 Å². The monoisotopic (exact) mass is 294 g/mol. The number of benzene rings is 1. The van der Waals surface area contributed by atoms with E-state index in [9.17, 15) is 0 Å². The second-order valence-electron chi connectivity index (χ2n) is 3.99. The van der Waals surface area contributed by atoms with E-state index >= 15 is 0 Å². The van der Waals surface area contributed by atoms with Gasteiger partial charge in [0.15, 0.2) is 5.82 Å². The largest absolute Gasteiger partial charge is 0.377 e. The third kappa shape index (κ3) is 2.49. The van der Waals surface area contributed by atoms with Gasteiger partial charge in [0.2, 0.25) is 0 Å². The summed E-state index contributed by atoms with van der Waals surface area (Å²) in [6, 6.07) is 6.11. The summed E-state index contributed by atoms with van der Waals surface area (Å²) in [5.41, 5.74) is 2.31. The minimum Gasteiger partial charge on any atom is -0.377 e. The summed E-state index contributed by atoms with van der Waals surface area (Å²) >= 11 is 3.52. The summed E-state index contributed by atoms with van der Waals surface area (Å²) in [6.07, 6.45) is 0.